The lowest BCUT2D eigenvalue weighted by atomic mass is 10.3. The number of carboxylic acid groups (broad SMARTS) is 2. The zero-order chi connectivity index (χ0) is 15.6. The van der Waals surface area contributed by atoms with Crippen molar-refractivity contribution in [1.29, 1.82) is 0 Å². The van der Waals surface area contributed by atoms with Crippen molar-refractivity contribution in [3.05, 3.63) is 32.2 Å². The number of ether oxygens (including phenoxy) is 1. The molecule has 2 aromatic heterocycles. The van der Waals surface area contributed by atoms with Crippen LogP contribution < -0.4 is 0 Å². The number of carboxylic acids is 2. The maximum Gasteiger partial charge on any atom is 0.366 e. The molecule has 0 radical (unpaired) electrons. The van der Waals surface area contributed by atoms with E-state index in [-0.39, 0.29) is 9.75 Å². The summed E-state index contributed by atoms with van der Waals surface area (Å²) >= 11 is 1.38. The summed E-state index contributed by atoms with van der Waals surface area (Å²) in [7, 11) is 0. The molecular weight excluding hydrogens is 324 g/mol. The van der Waals surface area contributed by atoms with Crippen molar-refractivity contribution < 1.29 is 34.1 Å². The second-order valence-corrected chi connectivity index (χ2v) is 5.06. The Kier molecular flexibility index (Phi) is 4.05. The van der Waals surface area contributed by atoms with Crippen LogP contribution in [-0.4, -0.2) is 44.1 Å². The first-order valence-corrected chi connectivity index (χ1v) is 6.77. The Bertz CT molecular complexity index is 686. The standard InChI is InChI=1S/C10H4N2O7S2/c13-7(14)5-3(11-1-20-5)9(17)19-10(18)4-6(8(15)16)21-2-12-4/h1-2H,(H,13,14)(H,15,16). The molecule has 0 spiro atoms. The number of esters is 2. The first-order chi connectivity index (χ1) is 9.91. The quantitative estimate of drug-likeness (QED) is 0.620. The number of aromatic nitrogens is 2. The van der Waals surface area contributed by atoms with E-state index in [9.17, 15) is 19.2 Å². The highest BCUT2D eigenvalue weighted by molar-refractivity contribution is 7.12. The predicted molar refractivity (Wildman–Crippen MR) is 67.9 cm³/mol. The highest BCUT2D eigenvalue weighted by atomic mass is 32.1. The third kappa shape index (κ3) is 2.93. The summed E-state index contributed by atoms with van der Waals surface area (Å²) in [4.78, 5) is 51.3. The molecule has 0 fully saturated rings. The van der Waals surface area contributed by atoms with E-state index in [1.54, 1.807) is 0 Å². The summed E-state index contributed by atoms with van der Waals surface area (Å²) in [6, 6.07) is 0. The number of nitrogens with zero attached hydrogens (tertiary/aromatic N) is 2. The Labute approximate surface area is 123 Å². The van der Waals surface area contributed by atoms with E-state index in [0.29, 0.717) is 22.7 Å². The molecule has 0 saturated heterocycles. The molecule has 0 aliphatic carbocycles. The lowest BCUT2D eigenvalue weighted by Crippen LogP contribution is -2.17. The zero-order valence-corrected chi connectivity index (χ0v) is 11.4. The second kappa shape index (κ2) is 5.76. The Hall–Kier alpha value is -2.66. The van der Waals surface area contributed by atoms with Crippen LogP contribution in [0.5, 0.6) is 0 Å². The molecule has 0 unspecified atom stereocenters. The number of thiazole rings is 2. The van der Waals surface area contributed by atoms with Crippen LogP contribution in [0.25, 0.3) is 0 Å². The first-order valence-electron chi connectivity index (χ1n) is 5.02. The average Bonchev–Trinajstić information content (AvgIpc) is 3.07. The van der Waals surface area contributed by atoms with Gasteiger partial charge in [-0.2, -0.15) is 0 Å². The van der Waals surface area contributed by atoms with Crippen molar-refractivity contribution in [2.45, 2.75) is 0 Å². The summed E-state index contributed by atoms with van der Waals surface area (Å²) in [5.74, 6) is -5.36. The number of hydrogen-bond donors (Lipinski definition) is 2. The number of aromatic carboxylic acids is 2. The van der Waals surface area contributed by atoms with Gasteiger partial charge in [0, 0.05) is 0 Å². The minimum atomic E-state index is -1.39. The molecule has 2 heterocycles. The maximum atomic E-state index is 11.7. The van der Waals surface area contributed by atoms with E-state index in [1.807, 2.05) is 0 Å². The largest absolute Gasteiger partial charge is 0.477 e. The Morgan fingerprint density at radius 1 is 0.857 bits per heavy atom. The molecule has 108 valence electrons. The SMILES string of the molecule is O=C(OC(=O)c1ncsc1C(=O)O)c1ncsc1C(=O)O. The number of carbonyl (C=O) groups is 4. The van der Waals surface area contributed by atoms with Crippen LogP contribution in [0.2, 0.25) is 0 Å². The van der Waals surface area contributed by atoms with Crippen LogP contribution in [-0.2, 0) is 4.74 Å². The van der Waals surface area contributed by atoms with Crippen molar-refractivity contribution in [2.24, 2.45) is 0 Å². The molecule has 0 bridgehead atoms. The fraction of sp³-hybridized carbons (Fsp3) is 0. The summed E-state index contributed by atoms with van der Waals surface area (Å²) in [5, 5.41) is 17.7. The van der Waals surface area contributed by atoms with Crippen molar-refractivity contribution >= 4 is 46.6 Å². The normalized spacial score (nSPS) is 10.1. The zero-order valence-electron chi connectivity index (χ0n) is 9.80. The number of hydrogen-bond acceptors (Lipinski definition) is 9. The summed E-state index contributed by atoms with van der Waals surface area (Å²) in [6.07, 6.45) is 0. The summed E-state index contributed by atoms with van der Waals surface area (Å²) in [5.41, 5.74) is 1.15. The van der Waals surface area contributed by atoms with E-state index in [2.05, 4.69) is 14.7 Å². The van der Waals surface area contributed by atoms with Crippen molar-refractivity contribution in [1.82, 2.24) is 9.97 Å². The van der Waals surface area contributed by atoms with Crippen molar-refractivity contribution in [3.63, 3.8) is 0 Å². The minimum Gasteiger partial charge on any atom is -0.477 e. The molecule has 0 aromatic carbocycles. The van der Waals surface area contributed by atoms with Crippen molar-refractivity contribution in [3.8, 4) is 0 Å². The molecule has 0 amide bonds. The smallest absolute Gasteiger partial charge is 0.366 e. The van der Waals surface area contributed by atoms with Gasteiger partial charge in [-0.25, -0.2) is 29.1 Å². The molecule has 0 aliphatic heterocycles. The van der Waals surface area contributed by atoms with E-state index >= 15 is 0 Å². The van der Waals surface area contributed by atoms with Crippen LogP contribution in [0.3, 0.4) is 0 Å². The predicted octanol–water partition coefficient (Wildman–Crippen LogP) is 0.993. The van der Waals surface area contributed by atoms with Gasteiger partial charge in [0.15, 0.2) is 11.4 Å². The Morgan fingerprint density at radius 3 is 1.57 bits per heavy atom. The van der Waals surface area contributed by atoms with E-state index < -0.39 is 35.3 Å². The van der Waals surface area contributed by atoms with Gasteiger partial charge in [-0.1, -0.05) is 0 Å². The third-order valence-electron chi connectivity index (χ3n) is 2.10. The highest BCUT2D eigenvalue weighted by Crippen LogP contribution is 2.17. The van der Waals surface area contributed by atoms with Crippen LogP contribution in [0.4, 0.5) is 0 Å². The van der Waals surface area contributed by atoms with Crippen LogP contribution in [0, 0.1) is 0 Å². The van der Waals surface area contributed by atoms with Crippen LogP contribution in [0.1, 0.15) is 40.3 Å². The van der Waals surface area contributed by atoms with Gasteiger partial charge in [-0.15, -0.1) is 22.7 Å². The molecular formula is C10H4N2O7S2. The number of rotatable bonds is 4. The minimum absolute atomic E-state index is 0.385. The third-order valence-corrected chi connectivity index (χ3v) is 3.72. The van der Waals surface area contributed by atoms with Gasteiger partial charge >= 0.3 is 23.9 Å². The van der Waals surface area contributed by atoms with Crippen LogP contribution >= 0.6 is 22.7 Å². The van der Waals surface area contributed by atoms with Gasteiger partial charge < -0.3 is 14.9 Å². The lowest BCUT2D eigenvalue weighted by Gasteiger charge is -2.00. The Morgan fingerprint density at radius 2 is 1.24 bits per heavy atom. The topological polar surface area (TPSA) is 144 Å². The molecule has 2 N–H and O–H groups in total. The van der Waals surface area contributed by atoms with E-state index in [0.717, 1.165) is 11.0 Å². The van der Waals surface area contributed by atoms with Gasteiger partial charge in [0.1, 0.15) is 9.75 Å². The van der Waals surface area contributed by atoms with Gasteiger partial charge in [0.2, 0.25) is 0 Å². The van der Waals surface area contributed by atoms with E-state index in [1.165, 1.54) is 0 Å². The highest BCUT2D eigenvalue weighted by Gasteiger charge is 2.27. The molecule has 9 nitrogen and oxygen atoms in total. The molecule has 2 rings (SSSR count). The maximum absolute atomic E-state index is 11.7. The lowest BCUT2D eigenvalue weighted by molar-refractivity contribution is 0.0380. The number of carbonyl (C=O) groups excluding carboxylic acids is 2. The van der Waals surface area contributed by atoms with Crippen molar-refractivity contribution in [2.75, 3.05) is 0 Å². The molecule has 0 aliphatic rings. The van der Waals surface area contributed by atoms with Gasteiger partial charge in [0.25, 0.3) is 0 Å². The van der Waals surface area contributed by atoms with E-state index in [4.69, 9.17) is 10.2 Å². The summed E-state index contributed by atoms with van der Waals surface area (Å²) < 4.78 is 4.40. The molecule has 2 aromatic rings. The van der Waals surface area contributed by atoms with Gasteiger partial charge in [0.05, 0.1) is 11.0 Å². The molecule has 0 saturated carbocycles. The van der Waals surface area contributed by atoms with Gasteiger partial charge in [-0.3, -0.25) is 0 Å². The first kappa shape index (κ1) is 14.7. The monoisotopic (exact) mass is 328 g/mol. The fourth-order valence-corrected chi connectivity index (χ4v) is 2.49. The Balaban J connectivity index is 2.21. The molecule has 11 heteroatoms. The van der Waals surface area contributed by atoms with Crippen LogP contribution in [0.15, 0.2) is 11.0 Å². The average molecular weight is 328 g/mol. The fourth-order valence-electron chi connectivity index (χ4n) is 1.27. The second-order valence-electron chi connectivity index (χ2n) is 3.35. The molecule has 0 atom stereocenters. The molecule has 21 heavy (non-hydrogen) atoms. The van der Waals surface area contributed by atoms with Gasteiger partial charge in [-0.05, 0) is 0 Å². The summed E-state index contributed by atoms with van der Waals surface area (Å²) in [6.45, 7) is 0.